The molecule has 1 aromatic rings. The number of ether oxygens (including phenoxy) is 2. The van der Waals surface area contributed by atoms with Gasteiger partial charge in [0.1, 0.15) is 31.2 Å². The minimum absolute atomic E-state index is 0.0247. The van der Waals surface area contributed by atoms with E-state index >= 15 is 0 Å². The Morgan fingerprint density at radius 2 is 2.06 bits per heavy atom. The normalized spacial score (nSPS) is 23.6. The monoisotopic (exact) mass is 527 g/mol. The predicted molar refractivity (Wildman–Crippen MR) is 132 cm³/mol. The van der Waals surface area contributed by atoms with Crippen molar-refractivity contribution in [3.63, 3.8) is 0 Å². The smallest absolute Gasteiger partial charge is 0.305 e. The van der Waals surface area contributed by atoms with E-state index in [1.807, 2.05) is 12.2 Å². The molecule has 0 saturated heterocycles. The van der Waals surface area contributed by atoms with Crippen LogP contribution in [0.4, 0.5) is 0 Å². The number of allylic oxidation sites excluding steroid dienone is 2. The van der Waals surface area contributed by atoms with E-state index in [2.05, 4.69) is 4.84 Å². The third kappa shape index (κ3) is 10.9. The van der Waals surface area contributed by atoms with E-state index in [1.54, 1.807) is 36.4 Å². The van der Waals surface area contributed by atoms with Crippen LogP contribution in [-0.2, 0) is 14.4 Å². The summed E-state index contributed by atoms with van der Waals surface area (Å²) < 4.78 is 10.5. The molecular weight excluding hydrogens is 494 g/mol. The molecule has 0 radical (unpaired) electrons. The number of rotatable bonds is 15. The van der Waals surface area contributed by atoms with E-state index in [9.17, 15) is 30.2 Å². The van der Waals surface area contributed by atoms with Crippen LogP contribution in [0.3, 0.4) is 0 Å². The van der Waals surface area contributed by atoms with Gasteiger partial charge in [-0.1, -0.05) is 42.0 Å². The number of esters is 1. The number of aliphatic hydroxyl groups is 3. The van der Waals surface area contributed by atoms with Crippen molar-refractivity contribution in [1.82, 2.24) is 0 Å². The van der Waals surface area contributed by atoms with Crippen molar-refractivity contribution in [2.75, 3.05) is 13.2 Å². The Morgan fingerprint density at radius 1 is 1.28 bits per heavy atom. The molecule has 3 N–H and O–H groups in total. The third-order valence-corrected chi connectivity index (χ3v) is 5.99. The third-order valence-electron chi connectivity index (χ3n) is 5.76. The van der Waals surface area contributed by atoms with E-state index in [0.717, 1.165) is 0 Å². The number of hydrogen-bond acceptors (Lipinski definition) is 9. The molecule has 0 spiro atoms. The molecule has 1 aromatic carbocycles. The molecule has 0 heterocycles. The van der Waals surface area contributed by atoms with Gasteiger partial charge in [0.15, 0.2) is 0 Å². The van der Waals surface area contributed by atoms with E-state index in [1.165, 1.54) is 6.92 Å². The molecule has 0 bridgehead atoms. The van der Waals surface area contributed by atoms with E-state index < -0.39 is 35.5 Å². The molecule has 11 heteroatoms. The quantitative estimate of drug-likeness (QED) is 0.103. The minimum atomic E-state index is -0.927. The molecule has 1 fully saturated rings. The van der Waals surface area contributed by atoms with Crippen LogP contribution in [0.5, 0.6) is 5.75 Å². The fourth-order valence-corrected chi connectivity index (χ4v) is 4.13. The van der Waals surface area contributed by atoms with Gasteiger partial charge >= 0.3 is 5.97 Å². The SMILES string of the molecule is CC(COC(=O)CCC/C=C\C[C@@H]1[C@@H](/C=C/[C@@H](O)COc2cccc(Cl)c2)[C@H](O)C[C@@H]1O)O[N+](=O)[O-]. The topological polar surface area (TPSA) is 149 Å². The highest BCUT2D eigenvalue weighted by Gasteiger charge is 2.39. The van der Waals surface area contributed by atoms with Crippen LogP contribution in [0.1, 0.15) is 39.0 Å². The number of aliphatic hydroxyl groups excluding tert-OH is 3. The summed E-state index contributed by atoms with van der Waals surface area (Å²) in [5.41, 5.74) is 0. The highest BCUT2D eigenvalue weighted by molar-refractivity contribution is 6.30. The maximum atomic E-state index is 11.7. The average molecular weight is 528 g/mol. The van der Waals surface area contributed by atoms with Gasteiger partial charge in [0, 0.05) is 23.8 Å². The number of halogens is 1. The first-order valence-corrected chi connectivity index (χ1v) is 12.3. The minimum Gasteiger partial charge on any atom is -0.491 e. The second kappa shape index (κ2) is 15.5. The van der Waals surface area contributed by atoms with Crippen molar-refractivity contribution in [1.29, 1.82) is 0 Å². The molecule has 36 heavy (non-hydrogen) atoms. The second-order valence-electron chi connectivity index (χ2n) is 8.75. The zero-order valence-corrected chi connectivity index (χ0v) is 20.9. The molecule has 1 aliphatic rings. The number of nitrogens with zero attached hydrogens (tertiary/aromatic N) is 1. The first-order chi connectivity index (χ1) is 17.2. The molecule has 2 rings (SSSR count). The van der Waals surface area contributed by atoms with Crippen molar-refractivity contribution >= 4 is 17.6 Å². The number of carbonyl (C=O) groups excluding carboxylic acids is 1. The summed E-state index contributed by atoms with van der Waals surface area (Å²) in [6.07, 6.45) is 6.11. The van der Waals surface area contributed by atoms with Crippen LogP contribution >= 0.6 is 11.6 Å². The molecular formula is C25H34ClNO9. The summed E-state index contributed by atoms with van der Waals surface area (Å²) in [6, 6.07) is 6.86. The lowest BCUT2D eigenvalue weighted by atomic mass is 9.89. The molecule has 0 amide bonds. The fraction of sp³-hybridized carbons (Fsp3) is 0.560. The number of benzene rings is 1. The Morgan fingerprint density at radius 3 is 2.78 bits per heavy atom. The molecule has 1 aliphatic carbocycles. The Labute approximate surface area is 215 Å². The maximum Gasteiger partial charge on any atom is 0.305 e. The van der Waals surface area contributed by atoms with Crippen molar-refractivity contribution in [2.45, 2.75) is 63.4 Å². The number of hydrogen-bond donors (Lipinski definition) is 3. The molecule has 1 saturated carbocycles. The van der Waals surface area contributed by atoms with Crippen LogP contribution in [0.15, 0.2) is 48.6 Å². The summed E-state index contributed by atoms with van der Waals surface area (Å²) >= 11 is 5.92. The van der Waals surface area contributed by atoms with E-state index in [0.29, 0.717) is 30.0 Å². The Hall–Kier alpha value is -2.66. The van der Waals surface area contributed by atoms with Crippen LogP contribution in [0.2, 0.25) is 5.02 Å². The van der Waals surface area contributed by atoms with Crippen molar-refractivity contribution in [2.24, 2.45) is 11.8 Å². The van der Waals surface area contributed by atoms with Gasteiger partial charge in [-0.2, -0.15) is 0 Å². The van der Waals surface area contributed by atoms with Crippen molar-refractivity contribution in [3.8, 4) is 5.75 Å². The highest BCUT2D eigenvalue weighted by atomic mass is 35.5. The summed E-state index contributed by atoms with van der Waals surface area (Å²) in [4.78, 5) is 26.2. The van der Waals surface area contributed by atoms with Gasteiger partial charge in [-0.3, -0.25) is 4.79 Å². The van der Waals surface area contributed by atoms with Gasteiger partial charge < -0.3 is 29.6 Å². The number of carbonyl (C=O) groups is 1. The van der Waals surface area contributed by atoms with Gasteiger partial charge in [-0.25, -0.2) is 0 Å². The van der Waals surface area contributed by atoms with Crippen LogP contribution in [0.25, 0.3) is 0 Å². The average Bonchev–Trinajstić information content (AvgIpc) is 3.08. The van der Waals surface area contributed by atoms with Crippen LogP contribution in [0, 0.1) is 22.0 Å². The van der Waals surface area contributed by atoms with Gasteiger partial charge in [0.05, 0.1) is 12.2 Å². The molecule has 0 aromatic heterocycles. The lowest BCUT2D eigenvalue weighted by molar-refractivity contribution is -0.767. The first kappa shape index (κ1) is 29.6. The lowest BCUT2D eigenvalue weighted by Gasteiger charge is -2.19. The zero-order chi connectivity index (χ0) is 26.5. The summed E-state index contributed by atoms with van der Waals surface area (Å²) in [7, 11) is 0. The maximum absolute atomic E-state index is 11.7. The molecule has 200 valence electrons. The van der Waals surface area contributed by atoms with Crippen LogP contribution in [-0.4, -0.2) is 64.0 Å². The van der Waals surface area contributed by atoms with Crippen LogP contribution < -0.4 is 4.74 Å². The van der Waals surface area contributed by atoms with Crippen molar-refractivity contribution < 1.29 is 39.5 Å². The first-order valence-electron chi connectivity index (χ1n) is 11.9. The fourth-order valence-electron chi connectivity index (χ4n) is 3.95. The molecule has 6 atom stereocenters. The Kier molecular flexibility index (Phi) is 12.7. The highest BCUT2D eigenvalue weighted by Crippen LogP contribution is 2.36. The zero-order valence-electron chi connectivity index (χ0n) is 20.1. The number of unbranched alkanes of at least 4 members (excludes halogenated alkanes) is 1. The van der Waals surface area contributed by atoms with E-state index in [-0.39, 0.29) is 37.9 Å². The summed E-state index contributed by atoms with van der Waals surface area (Å²) in [6.45, 7) is 1.27. The molecule has 10 nitrogen and oxygen atoms in total. The lowest BCUT2D eigenvalue weighted by Crippen LogP contribution is -2.21. The Bertz CT molecular complexity index is 894. The van der Waals surface area contributed by atoms with Gasteiger partial charge in [-0.15, -0.1) is 10.1 Å². The largest absolute Gasteiger partial charge is 0.491 e. The Balaban J connectivity index is 1.72. The van der Waals surface area contributed by atoms with Gasteiger partial charge in [0.2, 0.25) is 0 Å². The standard InChI is InChI=1S/C25H34ClNO9/c1-17(36-27(32)33)15-35-25(31)10-5-3-2-4-9-21-22(24(30)14-23(21)29)12-11-19(28)16-34-20-8-6-7-18(26)13-20/h2,4,6-8,11-13,17,19,21-24,28-30H,3,5,9-10,14-16H2,1H3/b4-2-,12-11+/t17?,19-,21-,22-,23+,24-/m1/s1. The summed E-state index contributed by atoms with van der Waals surface area (Å²) in [5.74, 6) is -0.439. The molecule has 0 aliphatic heterocycles. The second-order valence-corrected chi connectivity index (χ2v) is 9.19. The predicted octanol–water partition coefficient (Wildman–Crippen LogP) is 3.25. The van der Waals surface area contributed by atoms with Gasteiger partial charge in [0.25, 0.3) is 5.09 Å². The summed E-state index contributed by atoms with van der Waals surface area (Å²) in [5, 5.41) is 40.8. The van der Waals surface area contributed by atoms with Crippen molar-refractivity contribution in [3.05, 3.63) is 63.7 Å². The van der Waals surface area contributed by atoms with E-state index in [4.69, 9.17) is 21.1 Å². The molecule has 1 unspecified atom stereocenters. The van der Waals surface area contributed by atoms with Gasteiger partial charge in [-0.05, 0) is 50.3 Å².